The molecule has 6 nitrogen and oxygen atoms in total. The lowest BCUT2D eigenvalue weighted by molar-refractivity contribution is -0.118. The Hall–Kier alpha value is -3.23. The van der Waals surface area contributed by atoms with Crippen LogP contribution in [0.4, 0.5) is 0 Å². The van der Waals surface area contributed by atoms with E-state index in [-0.39, 0.29) is 10.6 Å². The first kappa shape index (κ1) is 22.9. The molecule has 0 radical (unpaired) electrons. The lowest BCUT2D eigenvalue weighted by Gasteiger charge is -2.08. The summed E-state index contributed by atoms with van der Waals surface area (Å²) >= 11 is 1.19. The van der Waals surface area contributed by atoms with E-state index in [0.717, 1.165) is 29.1 Å². The predicted molar refractivity (Wildman–Crippen MR) is 130 cm³/mol. The number of benzene rings is 2. The number of para-hydroxylation sites is 1. The Morgan fingerprint density at radius 3 is 2.42 bits per heavy atom. The highest BCUT2D eigenvalue weighted by molar-refractivity contribution is 7.92. The summed E-state index contributed by atoms with van der Waals surface area (Å²) in [5.74, 6) is -0.596. The van der Waals surface area contributed by atoms with Crippen LogP contribution in [0.5, 0.6) is 0 Å². The fraction of sp³-hybridized carbons (Fsp3) is 0.200. The molecule has 33 heavy (non-hydrogen) atoms. The van der Waals surface area contributed by atoms with Gasteiger partial charge in [0.25, 0.3) is 10.0 Å². The van der Waals surface area contributed by atoms with Gasteiger partial charge in [-0.15, -0.1) is 11.3 Å². The van der Waals surface area contributed by atoms with Crippen LogP contribution >= 0.6 is 11.3 Å². The minimum absolute atomic E-state index is 0.0966. The van der Waals surface area contributed by atoms with Crippen LogP contribution in [0.1, 0.15) is 27.4 Å². The summed E-state index contributed by atoms with van der Waals surface area (Å²) < 4.78 is 29.6. The van der Waals surface area contributed by atoms with E-state index in [1.807, 2.05) is 50.2 Å². The van der Waals surface area contributed by atoms with Gasteiger partial charge in [0, 0.05) is 4.88 Å². The van der Waals surface area contributed by atoms with Gasteiger partial charge in [-0.25, -0.2) is 17.8 Å². The SMILES string of the molecule is Cc1ccc(CCc2ccc(S(=O)(=O)NC(=O)Cc3cc(C)nn3-c3ccccc3)s2)cc1. The summed E-state index contributed by atoms with van der Waals surface area (Å²) in [6.45, 7) is 3.88. The highest BCUT2D eigenvalue weighted by atomic mass is 32.2. The molecule has 1 N–H and O–H groups in total. The van der Waals surface area contributed by atoms with Gasteiger partial charge in [-0.2, -0.15) is 5.10 Å². The van der Waals surface area contributed by atoms with Gasteiger partial charge in [0.1, 0.15) is 4.21 Å². The van der Waals surface area contributed by atoms with Crippen LogP contribution in [0.3, 0.4) is 0 Å². The van der Waals surface area contributed by atoms with Crippen molar-refractivity contribution >= 4 is 27.3 Å². The van der Waals surface area contributed by atoms with Crippen LogP contribution in [-0.4, -0.2) is 24.1 Å². The van der Waals surface area contributed by atoms with E-state index < -0.39 is 15.9 Å². The van der Waals surface area contributed by atoms with Crippen molar-refractivity contribution in [3.05, 3.63) is 100 Å². The van der Waals surface area contributed by atoms with E-state index in [1.54, 1.807) is 16.8 Å². The Morgan fingerprint density at radius 1 is 0.970 bits per heavy atom. The average molecular weight is 480 g/mol. The molecule has 0 saturated heterocycles. The number of nitrogens with one attached hydrogen (secondary N) is 1. The van der Waals surface area contributed by atoms with Gasteiger partial charge in [-0.3, -0.25) is 4.79 Å². The summed E-state index contributed by atoms with van der Waals surface area (Å²) in [6, 6.07) is 22.9. The largest absolute Gasteiger partial charge is 0.274 e. The summed E-state index contributed by atoms with van der Waals surface area (Å²) in [5.41, 5.74) is 4.60. The molecular formula is C25H25N3O3S2. The Bertz CT molecular complexity index is 1360. The number of carbonyl (C=O) groups excluding carboxylic acids is 1. The number of rotatable bonds is 8. The average Bonchev–Trinajstić information content (AvgIpc) is 3.41. The monoisotopic (exact) mass is 479 g/mol. The second kappa shape index (κ2) is 9.72. The summed E-state index contributed by atoms with van der Waals surface area (Å²) in [6.07, 6.45) is 1.48. The topological polar surface area (TPSA) is 81.1 Å². The quantitative estimate of drug-likeness (QED) is 0.407. The molecular weight excluding hydrogens is 454 g/mol. The standard InChI is InChI=1S/C25H25N3O3S2/c1-18-8-10-20(11-9-18)12-13-23-14-15-25(32-23)33(30,31)27-24(29)17-22-16-19(2)26-28(22)21-6-4-3-5-7-21/h3-11,14-16H,12-13,17H2,1-2H3,(H,27,29). The highest BCUT2D eigenvalue weighted by Gasteiger charge is 2.21. The first-order valence-electron chi connectivity index (χ1n) is 10.6. The van der Waals surface area contributed by atoms with Crippen molar-refractivity contribution in [3.63, 3.8) is 0 Å². The lowest BCUT2D eigenvalue weighted by Crippen LogP contribution is -2.31. The van der Waals surface area contributed by atoms with Gasteiger partial charge < -0.3 is 0 Å². The van der Waals surface area contributed by atoms with Crippen LogP contribution in [0.2, 0.25) is 0 Å². The summed E-state index contributed by atoms with van der Waals surface area (Å²) in [5, 5.41) is 4.43. The minimum Gasteiger partial charge on any atom is -0.274 e. The number of aromatic nitrogens is 2. The van der Waals surface area contributed by atoms with Gasteiger partial charge in [0.2, 0.25) is 5.91 Å². The Balaban J connectivity index is 1.41. The number of aryl methyl sites for hydroxylation is 4. The molecule has 0 aliphatic rings. The molecule has 0 atom stereocenters. The zero-order chi connectivity index (χ0) is 23.4. The molecule has 2 aromatic heterocycles. The number of carbonyl (C=O) groups is 1. The molecule has 0 spiro atoms. The van der Waals surface area contributed by atoms with E-state index in [0.29, 0.717) is 5.69 Å². The molecule has 0 aliphatic carbocycles. The fourth-order valence-electron chi connectivity index (χ4n) is 3.53. The van der Waals surface area contributed by atoms with Gasteiger partial charge in [-0.1, -0.05) is 48.0 Å². The molecule has 0 unspecified atom stereocenters. The molecule has 4 rings (SSSR count). The Labute approximate surface area is 198 Å². The molecule has 4 aromatic rings. The molecule has 2 aromatic carbocycles. The molecule has 0 aliphatic heterocycles. The number of sulfonamides is 1. The maximum atomic E-state index is 12.8. The van der Waals surface area contributed by atoms with E-state index in [2.05, 4.69) is 34.1 Å². The molecule has 8 heteroatoms. The molecule has 2 heterocycles. The van der Waals surface area contributed by atoms with Crippen molar-refractivity contribution in [2.24, 2.45) is 0 Å². The fourth-order valence-corrected chi connectivity index (χ4v) is 5.87. The Morgan fingerprint density at radius 2 is 1.70 bits per heavy atom. The zero-order valence-electron chi connectivity index (χ0n) is 18.5. The van der Waals surface area contributed by atoms with Crippen LogP contribution in [-0.2, 0) is 34.1 Å². The molecule has 0 saturated carbocycles. The number of hydrogen-bond acceptors (Lipinski definition) is 5. The normalized spacial score (nSPS) is 11.5. The van der Waals surface area contributed by atoms with Crippen LogP contribution in [0.25, 0.3) is 5.69 Å². The van der Waals surface area contributed by atoms with E-state index in [4.69, 9.17) is 0 Å². The second-order valence-corrected chi connectivity index (χ2v) is 11.0. The van der Waals surface area contributed by atoms with Gasteiger partial charge >= 0.3 is 0 Å². The van der Waals surface area contributed by atoms with Crippen molar-refractivity contribution in [1.29, 1.82) is 0 Å². The highest BCUT2D eigenvalue weighted by Crippen LogP contribution is 2.23. The van der Waals surface area contributed by atoms with E-state index in [1.165, 1.54) is 22.5 Å². The van der Waals surface area contributed by atoms with Gasteiger partial charge in [0.15, 0.2) is 0 Å². The third-order valence-electron chi connectivity index (χ3n) is 5.18. The van der Waals surface area contributed by atoms with Crippen molar-refractivity contribution in [1.82, 2.24) is 14.5 Å². The van der Waals surface area contributed by atoms with Crippen LogP contribution in [0.15, 0.2) is 77.0 Å². The first-order valence-corrected chi connectivity index (χ1v) is 12.9. The van der Waals surface area contributed by atoms with Crippen molar-refractivity contribution in [3.8, 4) is 5.69 Å². The van der Waals surface area contributed by atoms with Crippen molar-refractivity contribution in [2.75, 3.05) is 0 Å². The summed E-state index contributed by atoms with van der Waals surface area (Å²) in [7, 11) is -3.93. The molecule has 170 valence electrons. The lowest BCUT2D eigenvalue weighted by atomic mass is 10.1. The van der Waals surface area contributed by atoms with E-state index >= 15 is 0 Å². The molecule has 0 bridgehead atoms. The van der Waals surface area contributed by atoms with Crippen LogP contribution < -0.4 is 4.72 Å². The third-order valence-corrected chi connectivity index (χ3v) is 8.19. The third kappa shape index (κ3) is 5.77. The minimum atomic E-state index is -3.93. The maximum absolute atomic E-state index is 12.8. The molecule has 1 amide bonds. The van der Waals surface area contributed by atoms with Gasteiger partial charge in [-0.05, 0) is 62.6 Å². The van der Waals surface area contributed by atoms with Crippen molar-refractivity contribution in [2.45, 2.75) is 37.3 Å². The molecule has 0 fully saturated rings. The summed E-state index contributed by atoms with van der Waals surface area (Å²) in [4.78, 5) is 13.6. The second-order valence-electron chi connectivity index (χ2n) is 7.94. The first-order chi connectivity index (χ1) is 15.8. The number of nitrogens with zero attached hydrogens (tertiary/aromatic N) is 2. The van der Waals surface area contributed by atoms with Crippen molar-refractivity contribution < 1.29 is 13.2 Å². The number of hydrogen-bond donors (Lipinski definition) is 1. The zero-order valence-corrected chi connectivity index (χ0v) is 20.1. The number of thiophene rings is 1. The smallest absolute Gasteiger partial charge is 0.273 e. The number of amides is 1. The van der Waals surface area contributed by atoms with E-state index in [9.17, 15) is 13.2 Å². The Kier molecular flexibility index (Phi) is 6.76. The van der Waals surface area contributed by atoms with Gasteiger partial charge in [0.05, 0.1) is 23.5 Å². The predicted octanol–water partition coefficient (Wildman–Crippen LogP) is 4.38. The maximum Gasteiger partial charge on any atom is 0.273 e. The van der Waals surface area contributed by atoms with Crippen LogP contribution in [0, 0.1) is 13.8 Å².